The molecule has 0 N–H and O–H groups in total. The van der Waals surface area contributed by atoms with Crippen LogP contribution in [0.15, 0.2) is 0 Å². The monoisotopic (exact) mass is 212 g/mol. The van der Waals surface area contributed by atoms with Crippen molar-refractivity contribution in [2.24, 2.45) is 5.92 Å². The molecule has 2 heteroatoms. The van der Waals surface area contributed by atoms with Crippen molar-refractivity contribution in [1.82, 2.24) is 0 Å². The molecule has 0 aromatic rings. The second-order valence-electron chi connectivity index (χ2n) is 4.69. The average molecular weight is 212 g/mol. The molecule has 2 unspecified atom stereocenters. The Morgan fingerprint density at radius 2 is 2.00 bits per heavy atom. The third kappa shape index (κ3) is 4.67. The van der Waals surface area contributed by atoms with Crippen molar-refractivity contribution in [2.45, 2.75) is 71.3 Å². The average Bonchev–Trinajstić information content (AvgIpc) is 2.20. The summed E-state index contributed by atoms with van der Waals surface area (Å²) < 4.78 is 5.40. The summed E-state index contributed by atoms with van der Waals surface area (Å²) in [5, 5.41) is 0. The molecule has 1 aliphatic rings. The molecule has 0 saturated heterocycles. The fourth-order valence-electron chi connectivity index (χ4n) is 2.53. The maximum absolute atomic E-state index is 11.0. The fourth-order valence-corrected chi connectivity index (χ4v) is 2.53. The second-order valence-corrected chi connectivity index (χ2v) is 4.69. The molecule has 88 valence electrons. The lowest BCUT2D eigenvalue weighted by Crippen LogP contribution is -2.29. The van der Waals surface area contributed by atoms with Gasteiger partial charge in [0.1, 0.15) is 6.10 Å². The van der Waals surface area contributed by atoms with E-state index in [9.17, 15) is 4.79 Å². The number of esters is 1. The highest BCUT2D eigenvalue weighted by Crippen LogP contribution is 2.30. The summed E-state index contributed by atoms with van der Waals surface area (Å²) in [4.78, 5) is 11.0. The molecule has 2 nitrogen and oxygen atoms in total. The van der Waals surface area contributed by atoms with E-state index in [1.54, 1.807) is 0 Å². The number of carbonyl (C=O) groups is 1. The summed E-state index contributed by atoms with van der Waals surface area (Å²) >= 11 is 0. The van der Waals surface area contributed by atoms with Gasteiger partial charge in [0.15, 0.2) is 0 Å². The molecule has 0 bridgehead atoms. The van der Waals surface area contributed by atoms with Gasteiger partial charge in [0.2, 0.25) is 0 Å². The normalized spacial score (nSPS) is 26.3. The molecular weight excluding hydrogens is 188 g/mol. The van der Waals surface area contributed by atoms with Gasteiger partial charge in [-0.25, -0.2) is 0 Å². The maximum Gasteiger partial charge on any atom is 0.302 e. The maximum atomic E-state index is 11.0. The van der Waals surface area contributed by atoms with Crippen LogP contribution in [-0.2, 0) is 9.53 Å². The van der Waals surface area contributed by atoms with Gasteiger partial charge in [0.25, 0.3) is 0 Å². The minimum absolute atomic E-state index is 0.109. The highest BCUT2D eigenvalue weighted by atomic mass is 16.5. The molecule has 15 heavy (non-hydrogen) atoms. The number of hydrogen-bond donors (Lipinski definition) is 0. The molecule has 1 saturated carbocycles. The van der Waals surface area contributed by atoms with Crippen LogP contribution >= 0.6 is 0 Å². The van der Waals surface area contributed by atoms with Crippen LogP contribution < -0.4 is 0 Å². The van der Waals surface area contributed by atoms with Crippen molar-refractivity contribution in [2.75, 3.05) is 0 Å². The standard InChI is InChI=1S/C13H24O2/c1-3-4-5-8-12-9-6-7-10-13(12)15-11(2)14/h12-13H,3-10H2,1-2H3. The Morgan fingerprint density at radius 3 is 2.67 bits per heavy atom. The van der Waals surface area contributed by atoms with E-state index in [2.05, 4.69) is 6.92 Å². The number of hydrogen-bond acceptors (Lipinski definition) is 2. The third-order valence-corrected chi connectivity index (χ3v) is 3.34. The predicted molar refractivity (Wildman–Crippen MR) is 61.7 cm³/mol. The number of carbonyl (C=O) groups excluding carboxylic acids is 1. The van der Waals surface area contributed by atoms with E-state index in [0.29, 0.717) is 5.92 Å². The highest BCUT2D eigenvalue weighted by Gasteiger charge is 2.26. The van der Waals surface area contributed by atoms with E-state index in [1.807, 2.05) is 0 Å². The summed E-state index contributed by atoms with van der Waals surface area (Å²) in [5.74, 6) is 0.525. The highest BCUT2D eigenvalue weighted by molar-refractivity contribution is 5.66. The molecule has 2 atom stereocenters. The van der Waals surface area contributed by atoms with Gasteiger partial charge in [-0.15, -0.1) is 0 Å². The van der Waals surface area contributed by atoms with E-state index < -0.39 is 0 Å². The first kappa shape index (κ1) is 12.5. The lowest BCUT2D eigenvalue weighted by Gasteiger charge is -2.30. The molecule has 0 amide bonds. The first-order chi connectivity index (χ1) is 7.24. The number of unbranched alkanes of at least 4 members (excludes halogenated alkanes) is 2. The summed E-state index contributed by atoms with van der Waals surface area (Å²) in [6, 6.07) is 0. The SMILES string of the molecule is CCCCCC1CCCCC1OC(C)=O. The van der Waals surface area contributed by atoms with Crippen molar-refractivity contribution in [3.8, 4) is 0 Å². The minimum atomic E-state index is -0.109. The Bertz CT molecular complexity index is 189. The summed E-state index contributed by atoms with van der Waals surface area (Å²) in [5.41, 5.74) is 0. The lowest BCUT2D eigenvalue weighted by atomic mass is 9.83. The van der Waals surface area contributed by atoms with Crippen molar-refractivity contribution >= 4 is 5.97 Å². The van der Waals surface area contributed by atoms with Gasteiger partial charge >= 0.3 is 5.97 Å². The number of ether oxygens (including phenoxy) is 1. The Balaban J connectivity index is 2.32. The van der Waals surface area contributed by atoms with Crippen LogP contribution in [0, 0.1) is 5.92 Å². The van der Waals surface area contributed by atoms with E-state index in [-0.39, 0.29) is 12.1 Å². The van der Waals surface area contributed by atoms with Crippen molar-refractivity contribution < 1.29 is 9.53 Å². The van der Waals surface area contributed by atoms with Gasteiger partial charge in [0, 0.05) is 6.92 Å². The van der Waals surface area contributed by atoms with Gasteiger partial charge in [-0.05, 0) is 31.6 Å². The lowest BCUT2D eigenvalue weighted by molar-refractivity contribution is -0.151. The van der Waals surface area contributed by atoms with Crippen molar-refractivity contribution in [3.63, 3.8) is 0 Å². The molecular formula is C13H24O2. The van der Waals surface area contributed by atoms with Crippen LogP contribution in [-0.4, -0.2) is 12.1 Å². The van der Waals surface area contributed by atoms with Gasteiger partial charge in [-0.3, -0.25) is 4.79 Å². The molecule has 0 aromatic heterocycles. The van der Waals surface area contributed by atoms with Crippen LogP contribution in [0.1, 0.15) is 65.2 Å². The van der Waals surface area contributed by atoms with E-state index in [0.717, 1.165) is 6.42 Å². The zero-order valence-corrected chi connectivity index (χ0v) is 10.1. The first-order valence-electron chi connectivity index (χ1n) is 6.41. The van der Waals surface area contributed by atoms with Crippen LogP contribution in [0.25, 0.3) is 0 Å². The fraction of sp³-hybridized carbons (Fsp3) is 0.923. The van der Waals surface area contributed by atoms with Crippen molar-refractivity contribution in [1.29, 1.82) is 0 Å². The Kier molecular flexibility index (Phi) is 5.74. The van der Waals surface area contributed by atoms with Crippen LogP contribution in [0.4, 0.5) is 0 Å². The molecule has 0 radical (unpaired) electrons. The molecule has 0 heterocycles. The predicted octanol–water partition coefficient (Wildman–Crippen LogP) is 3.69. The smallest absolute Gasteiger partial charge is 0.302 e. The van der Waals surface area contributed by atoms with Gasteiger partial charge < -0.3 is 4.74 Å². The van der Waals surface area contributed by atoms with Gasteiger partial charge in [-0.2, -0.15) is 0 Å². The minimum Gasteiger partial charge on any atom is -0.462 e. The summed E-state index contributed by atoms with van der Waals surface area (Å²) in [6.07, 6.45) is 10.2. The summed E-state index contributed by atoms with van der Waals surface area (Å²) in [6.45, 7) is 3.75. The van der Waals surface area contributed by atoms with E-state index >= 15 is 0 Å². The number of rotatable bonds is 5. The first-order valence-corrected chi connectivity index (χ1v) is 6.41. The Morgan fingerprint density at radius 1 is 1.27 bits per heavy atom. The molecule has 1 aliphatic carbocycles. The summed E-state index contributed by atoms with van der Waals surface area (Å²) in [7, 11) is 0. The third-order valence-electron chi connectivity index (χ3n) is 3.34. The topological polar surface area (TPSA) is 26.3 Å². The van der Waals surface area contributed by atoms with Crippen molar-refractivity contribution in [3.05, 3.63) is 0 Å². The molecule has 0 aliphatic heterocycles. The largest absolute Gasteiger partial charge is 0.462 e. The Hall–Kier alpha value is -0.530. The van der Waals surface area contributed by atoms with Crippen LogP contribution in [0.3, 0.4) is 0 Å². The quantitative estimate of drug-likeness (QED) is 0.513. The molecule has 0 aromatic carbocycles. The van der Waals surface area contributed by atoms with Gasteiger partial charge in [-0.1, -0.05) is 32.6 Å². The zero-order chi connectivity index (χ0) is 11.1. The Labute approximate surface area is 93.4 Å². The molecule has 0 spiro atoms. The van der Waals surface area contributed by atoms with Crippen LogP contribution in [0.2, 0.25) is 0 Å². The van der Waals surface area contributed by atoms with E-state index in [1.165, 1.54) is 51.9 Å². The van der Waals surface area contributed by atoms with Gasteiger partial charge in [0.05, 0.1) is 0 Å². The molecule has 1 fully saturated rings. The van der Waals surface area contributed by atoms with E-state index in [4.69, 9.17) is 4.74 Å². The zero-order valence-electron chi connectivity index (χ0n) is 10.1. The molecule has 1 rings (SSSR count). The second kappa shape index (κ2) is 6.86. The van der Waals surface area contributed by atoms with Crippen LogP contribution in [0.5, 0.6) is 0 Å².